The van der Waals surface area contributed by atoms with Crippen LogP contribution in [0.25, 0.3) is 0 Å². The Bertz CT molecular complexity index is 1080. The molecule has 0 spiro atoms. The molecule has 0 radical (unpaired) electrons. The van der Waals surface area contributed by atoms with Crippen molar-refractivity contribution >= 4 is 23.0 Å². The van der Waals surface area contributed by atoms with E-state index in [-0.39, 0.29) is 10.7 Å². The van der Waals surface area contributed by atoms with Crippen LogP contribution in [-0.2, 0) is 0 Å². The minimum atomic E-state index is -4.63. The molecule has 1 aromatic heterocycles. The molecule has 0 amide bonds. The maximum atomic E-state index is 13.5. The number of aromatic nitrogens is 2. The Balaban J connectivity index is 1.66. The largest absolute Gasteiger partial charge is 0.438 e. The quantitative estimate of drug-likeness (QED) is 0.570. The van der Waals surface area contributed by atoms with Gasteiger partial charge in [0.05, 0.1) is 17.8 Å². The number of hydrogen-bond donors (Lipinski definition) is 0. The first-order valence-electron chi connectivity index (χ1n) is 8.45. The molecule has 0 saturated carbocycles. The maximum Gasteiger partial charge on any atom is 0.432 e. The second kappa shape index (κ2) is 7.63. The van der Waals surface area contributed by atoms with Crippen molar-refractivity contribution < 1.29 is 17.9 Å². The summed E-state index contributed by atoms with van der Waals surface area (Å²) >= 11 is 6.18. The third-order valence-corrected chi connectivity index (χ3v) is 4.58. The van der Waals surface area contributed by atoms with Gasteiger partial charge in [0.15, 0.2) is 5.71 Å². The molecular formula is C20H12ClF3N4O. The summed E-state index contributed by atoms with van der Waals surface area (Å²) in [4.78, 5) is 7.91. The van der Waals surface area contributed by atoms with E-state index < -0.39 is 17.8 Å². The smallest absolute Gasteiger partial charge is 0.432 e. The minimum absolute atomic E-state index is 0.163. The van der Waals surface area contributed by atoms with E-state index in [1.54, 1.807) is 48.5 Å². The molecule has 2 aromatic carbocycles. The van der Waals surface area contributed by atoms with E-state index in [0.29, 0.717) is 22.8 Å². The summed E-state index contributed by atoms with van der Waals surface area (Å²) in [6, 6.07) is 12.8. The normalized spacial score (nSPS) is 16.3. The Morgan fingerprint density at radius 3 is 2.34 bits per heavy atom. The van der Waals surface area contributed by atoms with Gasteiger partial charge in [0, 0.05) is 17.4 Å². The third-order valence-electron chi connectivity index (χ3n) is 4.23. The van der Waals surface area contributed by atoms with Crippen molar-refractivity contribution in [3.63, 3.8) is 0 Å². The van der Waals surface area contributed by atoms with Crippen LogP contribution in [0.1, 0.15) is 17.0 Å². The van der Waals surface area contributed by atoms with Gasteiger partial charge in [0.1, 0.15) is 5.75 Å². The number of ether oxygens (including phenoxy) is 1. The van der Waals surface area contributed by atoms with Crippen LogP contribution in [0.2, 0.25) is 5.02 Å². The molecule has 0 bridgehead atoms. The lowest BCUT2D eigenvalue weighted by atomic mass is 9.86. The van der Waals surface area contributed by atoms with Gasteiger partial charge in [-0.05, 0) is 41.5 Å². The van der Waals surface area contributed by atoms with Crippen LogP contribution in [0.3, 0.4) is 0 Å². The van der Waals surface area contributed by atoms with Crippen molar-refractivity contribution in [1.82, 2.24) is 9.97 Å². The predicted molar refractivity (Wildman–Crippen MR) is 103 cm³/mol. The molecule has 0 aliphatic carbocycles. The number of nitrogens with zero attached hydrogens (tertiary/aromatic N) is 4. The highest BCUT2D eigenvalue weighted by Gasteiger charge is 2.47. The molecule has 146 valence electrons. The Morgan fingerprint density at radius 1 is 0.931 bits per heavy atom. The molecule has 4 rings (SSSR count). The zero-order valence-electron chi connectivity index (χ0n) is 14.6. The lowest BCUT2D eigenvalue weighted by Crippen LogP contribution is -2.31. The fourth-order valence-electron chi connectivity index (χ4n) is 2.95. The summed E-state index contributed by atoms with van der Waals surface area (Å²) in [5, 5.41) is 7.47. The van der Waals surface area contributed by atoms with Crippen molar-refractivity contribution in [2.45, 2.75) is 12.1 Å². The van der Waals surface area contributed by atoms with Crippen LogP contribution < -0.4 is 4.74 Å². The molecule has 3 aromatic rings. The summed E-state index contributed by atoms with van der Waals surface area (Å²) in [5.41, 5.74) is -0.0669. The average Bonchev–Trinajstić information content (AvgIpc) is 3.15. The molecule has 5 nitrogen and oxygen atoms in total. The summed E-state index contributed by atoms with van der Waals surface area (Å²) in [6.07, 6.45) is -0.182. The van der Waals surface area contributed by atoms with Crippen LogP contribution >= 0.6 is 11.6 Å². The molecule has 1 aliphatic rings. The van der Waals surface area contributed by atoms with Gasteiger partial charge in [0.25, 0.3) is 0 Å². The topological polar surface area (TPSA) is 59.7 Å². The molecule has 1 atom stereocenters. The molecule has 1 aliphatic heterocycles. The summed E-state index contributed by atoms with van der Waals surface area (Å²) in [5.74, 6) is -0.454. The van der Waals surface area contributed by atoms with E-state index in [0.717, 1.165) is 0 Å². The van der Waals surface area contributed by atoms with Gasteiger partial charge >= 0.3 is 6.18 Å². The second-order valence-electron chi connectivity index (χ2n) is 6.09. The zero-order chi connectivity index (χ0) is 20.4. The number of hydrogen-bond acceptors (Lipinski definition) is 5. The highest BCUT2D eigenvalue weighted by Crippen LogP contribution is 2.38. The first kappa shape index (κ1) is 19.1. The molecule has 1 unspecified atom stereocenters. The first-order valence-corrected chi connectivity index (χ1v) is 8.82. The lowest BCUT2D eigenvalue weighted by molar-refractivity contribution is -0.0603. The highest BCUT2D eigenvalue weighted by molar-refractivity contribution is 6.33. The molecular weight excluding hydrogens is 405 g/mol. The van der Waals surface area contributed by atoms with E-state index in [4.69, 9.17) is 16.3 Å². The number of alkyl halides is 3. The molecule has 0 fully saturated rings. The molecule has 29 heavy (non-hydrogen) atoms. The van der Waals surface area contributed by atoms with E-state index in [9.17, 15) is 13.2 Å². The minimum Gasteiger partial charge on any atom is -0.438 e. The number of rotatable bonds is 4. The zero-order valence-corrected chi connectivity index (χ0v) is 15.4. The molecule has 2 heterocycles. The summed E-state index contributed by atoms with van der Waals surface area (Å²) < 4.78 is 46.2. The summed E-state index contributed by atoms with van der Waals surface area (Å²) in [6.45, 7) is 0. The van der Waals surface area contributed by atoms with Crippen molar-refractivity contribution in [3.8, 4) is 11.6 Å². The second-order valence-corrected chi connectivity index (χ2v) is 6.50. The highest BCUT2D eigenvalue weighted by atomic mass is 35.5. The third kappa shape index (κ3) is 3.97. The van der Waals surface area contributed by atoms with Crippen molar-refractivity contribution in [2.75, 3.05) is 0 Å². The van der Waals surface area contributed by atoms with Gasteiger partial charge in [-0.15, -0.1) is 5.10 Å². The molecule has 0 saturated heterocycles. The standard InChI is InChI=1S/C20H12ClF3N4O/c21-15-4-2-1-3-14(15)17-18(27-28-19(17)20(22,23)24)12-5-7-13(8-6-12)29-16-11-25-9-10-26-16/h1-11,17H. The van der Waals surface area contributed by atoms with Gasteiger partial charge in [0.2, 0.25) is 5.88 Å². The first-order chi connectivity index (χ1) is 13.9. The molecule has 0 N–H and O–H groups in total. The monoisotopic (exact) mass is 416 g/mol. The van der Waals surface area contributed by atoms with Crippen LogP contribution in [0.4, 0.5) is 13.2 Å². The van der Waals surface area contributed by atoms with Gasteiger partial charge in [-0.1, -0.05) is 29.8 Å². The van der Waals surface area contributed by atoms with Crippen molar-refractivity contribution in [2.24, 2.45) is 10.2 Å². The van der Waals surface area contributed by atoms with Crippen LogP contribution in [0.5, 0.6) is 11.6 Å². The fraction of sp³-hybridized carbons (Fsp3) is 0.100. The summed E-state index contributed by atoms with van der Waals surface area (Å²) in [7, 11) is 0. The Labute approximate surface area is 168 Å². The van der Waals surface area contributed by atoms with E-state index >= 15 is 0 Å². The number of halogens is 4. The van der Waals surface area contributed by atoms with Gasteiger partial charge in [-0.25, -0.2) is 4.98 Å². The van der Waals surface area contributed by atoms with Gasteiger partial charge in [-0.3, -0.25) is 4.98 Å². The lowest BCUT2D eigenvalue weighted by Gasteiger charge is -2.19. The fourth-order valence-corrected chi connectivity index (χ4v) is 3.20. The molecule has 9 heteroatoms. The van der Waals surface area contributed by atoms with Crippen molar-refractivity contribution in [1.29, 1.82) is 0 Å². The van der Waals surface area contributed by atoms with Crippen molar-refractivity contribution in [3.05, 3.63) is 83.3 Å². The van der Waals surface area contributed by atoms with Crippen LogP contribution in [0, 0.1) is 0 Å². The maximum absolute atomic E-state index is 13.5. The number of benzene rings is 2. The van der Waals surface area contributed by atoms with Crippen LogP contribution in [-0.4, -0.2) is 27.6 Å². The van der Waals surface area contributed by atoms with E-state index in [1.165, 1.54) is 18.6 Å². The predicted octanol–water partition coefficient (Wildman–Crippen LogP) is 5.43. The van der Waals surface area contributed by atoms with Crippen LogP contribution in [0.15, 0.2) is 77.3 Å². The van der Waals surface area contributed by atoms with Gasteiger partial charge < -0.3 is 4.74 Å². The van der Waals surface area contributed by atoms with Gasteiger partial charge in [-0.2, -0.15) is 18.3 Å². The Kier molecular flexibility index (Phi) is 5.02. The SMILES string of the molecule is FC(F)(F)C1=NN=C(c2ccc(Oc3cnccn3)cc2)C1c1ccccc1Cl. The Morgan fingerprint density at radius 2 is 1.69 bits per heavy atom. The van der Waals surface area contributed by atoms with E-state index in [1.807, 2.05) is 0 Å². The average molecular weight is 417 g/mol. The Hall–Kier alpha value is -3.26. The van der Waals surface area contributed by atoms with E-state index in [2.05, 4.69) is 20.2 Å².